The van der Waals surface area contributed by atoms with Crippen LogP contribution < -0.4 is 0 Å². The largest absolute Gasteiger partial charge is 0.457 e. The molecule has 0 amide bonds. The fourth-order valence-electron chi connectivity index (χ4n) is 2.60. The Bertz CT molecular complexity index is 1000. The lowest BCUT2D eigenvalue weighted by Crippen LogP contribution is -2.05. The van der Waals surface area contributed by atoms with Gasteiger partial charge in [-0.25, -0.2) is 4.79 Å². The third kappa shape index (κ3) is 2.55. The Morgan fingerprint density at radius 2 is 1.83 bits per heavy atom. The van der Waals surface area contributed by atoms with Gasteiger partial charge < -0.3 is 4.74 Å². The minimum atomic E-state index is -0.352. The van der Waals surface area contributed by atoms with Crippen molar-refractivity contribution in [2.75, 3.05) is 0 Å². The van der Waals surface area contributed by atoms with Gasteiger partial charge in [-0.05, 0) is 40.0 Å². The van der Waals surface area contributed by atoms with Crippen LogP contribution in [0.15, 0.2) is 60.7 Å². The first-order valence-electron chi connectivity index (χ1n) is 7.18. The summed E-state index contributed by atoms with van der Waals surface area (Å²) < 4.78 is 10.2. The number of nitrogens with zero attached hydrogens (tertiary/aromatic N) is 2. The molecular weight excluding hydrogens is 308 g/mol. The molecule has 0 N–H and O–H groups in total. The summed E-state index contributed by atoms with van der Waals surface area (Å²) in [7, 11) is 0. The second kappa shape index (κ2) is 5.78. The van der Waals surface area contributed by atoms with Crippen molar-refractivity contribution in [2.24, 2.45) is 0 Å². The topological polar surface area (TPSA) is 52.1 Å². The van der Waals surface area contributed by atoms with E-state index in [9.17, 15) is 4.79 Å². The van der Waals surface area contributed by atoms with E-state index in [1.807, 2.05) is 48.5 Å². The average Bonchev–Trinajstić information content (AvgIpc) is 3.08. The lowest BCUT2D eigenvalue weighted by Gasteiger charge is -2.08. The predicted molar refractivity (Wildman–Crippen MR) is 90.5 cm³/mol. The Labute approximate surface area is 136 Å². The van der Waals surface area contributed by atoms with E-state index >= 15 is 0 Å². The van der Waals surface area contributed by atoms with E-state index in [0.29, 0.717) is 5.56 Å². The Hall–Kier alpha value is -2.79. The molecule has 0 aliphatic carbocycles. The van der Waals surface area contributed by atoms with Crippen molar-refractivity contribution in [1.82, 2.24) is 9.59 Å². The Morgan fingerprint density at radius 1 is 1.00 bits per heavy atom. The third-order valence-electron chi connectivity index (χ3n) is 3.73. The molecule has 0 unspecified atom stereocenters. The lowest BCUT2D eigenvalue weighted by atomic mass is 10.1. The van der Waals surface area contributed by atoms with Gasteiger partial charge in [-0.15, -0.1) is 5.10 Å². The number of carbonyl (C=O) groups is 1. The van der Waals surface area contributed by atoms with Crippen LogP contribution in [0.2, 0.25) is 0 Å². The van der Waals surface area contributed by atoms with Crippen LogP contribution >= 0.6 is 11.5 Å². The number of hydrogen-bond donors (Lipinski definition) is 0. The van der Waals surface area contributed by atoms with Crippen molar-refractivity contribution in [3.05, 3.63) is 71.8 Å². The first-order valence-corrected chi connectivity index (χ1v) is 7.95. The predicted octanol–water partition coefficient (Wildman–Crippen LogP) is 4.20. The highest BCUT2D eigenvalue weighted by Crippen LogP contribution is 2.23. The van der Waals surface area contributed by atoms with E-state index in [1.54, 1.807) is 12.1 Å². The van der Waals surface area contributed by atoms with Gasteiger partial charge in [0, 0.05) is 0 Å². The van der Waals surface area contributed by atoms with Gasteiger partial charge in [0.1, 0.15) is 12.1 Å². The van der Waals surface area contributed by atoms with E-state index in [-0.39, 0.29) is 12.6 Å². The zero-order chi connectivity index (χ0) is 15.6. The van der Waals surface area contributed by atoms with Gasteiger partial charge >= 0.3 is 5.97 Å². The molecule has 0 aliphatic rings. The Kier molecular flexibility index (Phi) is 3.48. The number of hydrogen-bond acceptors (Lipinski definition) is 5. The van der Waals surface area contributed by atoms with Crippen molar-refractivity contribution in [2.45, 2.75) is 6.61 Å². The van der Waals surface area contributed by atoms with Crippen LogP contribution in [-0.2, 0) is 11.3 Å². The summed E-state index contributed by atoms with van der Waals surface area (Å²) >= 11 is 1.20. The normalized spacial score (nSPS) is 11.0. The summed E-state index contributed by atoms with van der Waals surface area (Å²) in [6, 6.07) is 19.4. The van der Waals surface area contributed by atoms with Crippen molar-refractivity contribution < 1.29 is 9.53 Å². The third-order valence-corrected chi connectivity index (χ3v) is 4.51. The average molecular weight is 320 g/mol. The van der Waals surface area contributed by atoms with E-state index in [0.717, 1.165) is 26.6 Å². The summed E-state index contributed by atoms with van der Waals surface area (Å²) in [5.74, 6) is -0.352. The lowest BCUT2D eigenvalue weighted by molar-refractivity contribution is 0.0477. The molecule has 1 heterocycles. The number of ether oxygens (including phenoxy) is 1. The highest BCUT2D eigenvalue weighted by Gasteiger charge is 2.14. The van der Waals surface area contributed by atoms with Crippen molar-refractivity contribution in [1.29, 1.82) is 0 Å². The summed E-state index contributed by atoms with van der Waals surface area (Å²) in [6.45, 7) is 0.239. The maximum Gasteiger partial charge on any atom is 0.340 e. The summed E-state index contributed by atoms with van der Waals surface area (Å²) in [6.07, 6.45) is 0. The molecule has 0 saturated heterocycles. The van der Waals surface area contributed by atoms with Crippen LogP contribution in [0.5, 0.6) is 0 Å². The molecule has 23 heavy (non-hydrogen) atoms. The monoisotopic (exact) mass is 320 g/mol. The minimum absolute atomic E-state index is 0.239. The summed E-state index contributed by atoms with van der Waals surface area (Å²) in [4.78, 5) is 12.4. The first-order chi connectivity index (χ1) is 11.3. The molecule has 4 aromatic rings. The molecule has 0 atom stereocenters. The van der Waals surface area contributed by atoms with E-state index < -0.39 is 0 Å². The zero-order valence-electron chi connectivity index (χ0n) is 12.1. The molecular formula is C18H12N2O2S. The second-order valence-electron chi connectivity index (χ2n) is 5.14. The Morgan fingerprint density at radius 3 is 2.78 bits per heavy atom. The van der Waals surface area contributed by atoms with Gasteiger partial charge in [0.15, 0.2) is 0 Å². The molecule has 0 radical (unpaired) electrons. The maximum absolute atomic E-state index is 12.4. The fraction of sp³-hybridized carbons (Fsp3) is 0.0556. The first kappa shape index (κ1) is 13.8. The fourth-order valence-corrected chi connectivity index (χ4v) is 3.27. The van der Waals surface area contributed by atoms with Gasteiger partial charge in [0.05, 0.1) is 10.3 Å². The Balaban J connectivity index is 1.61. The number of carbonyl (C=O) groups excluding carboxylic acids is 1. The molecule has 1 aromatic heterocycles. The second-order valence-corrected chi connectivity index (χ2v) is 5.90. The number of aromatic nitrogens is 2. The van der Waals surface area contributed by atoms with E-state index in [4.69, 9.17) is 4.74 Å². The molecule has 3 aromatic carbocycles. The van der Waals surface area contributed by atoms with Gasteiger partial charge in [-0.3, -0.25) is 0 Å². The van der Waals surface area contributed by atoms with E-state index in [1.165, 1.54) is 11.5 Å². The van der Waals surface area contributed by atoms with Gasteiger partial charge in [0.2, 0.25) is 0 Å². The van der Waals surface area contributed by atoms with Gasteiger partial charge in [-0.1, -0.05) is 53.0 Å². The maximum atomic E-state index is 12.4. The molecule has 0 bridgehead atoms. The molecule has 5 heteroatoms. The molecule has 0 aliphatic heterocycles. The van der Waals surface area contributed by atoms with Crippen molar-refractivity contribution in [3.63, 3.8) is 0 Å². The smallest absolute Gasteiger partial charge is 0.340 e. The minimum Gasteiger partial charge on any atom is -0.457 e. The quantitative estimate of drug-likeness (QED) is 0.531. The zero-order valence-corrected chi connectivity index (χ0v) is 12.9. The van der Waals surface area contributed by atoms with Crippen LogP contribution in [0.4, 0.5) is 0 Å². The standard InChI is InChI=1S/C18H12N2O2S/c21-18(15-9-4-10-16-17(15)23-20-19-16)22-11-13-7-3-6-12-5-1-2-8-14(12)13/h1-10H,11H2. The molecule has 112 valence electrons. The van der Waals surface area contributed by atoms with Crippen molar-refractivity contribution >= 4 is 38.5 Å². The number of fused-ring (bicyclic) bond motifs is 2. The number of rotatable bonds is 3. The van der Waals surface area contributed by atoms with Gasteiger partial charge in [-0.2, -0.15) is 0 Å². The molecule has 4 nitrogen and oxygen atoms in total. The summed E-state index contributed by atoms with van der Waals surface area (Å²) in [5, 5.41) is 6.21. The van der Waals surface area contributed by atoms with Crippen LogP contribution in [0.1, 0.15) is 15.9 Å². The SMILES string of the molecule is O=C(OCc1cccc2ccccc12)c1cccc2nnsc12. The molecule has 4 rings (SSSR count). The van der Waals surface area contributed by atoms with Gasteiger partial charge in [0.25, 0.3) is 0 Å². The van der Waals surface area contributed by atoms with Crippen LogP contribution in [0.3, 0.4) is 0 Å². The molecule has 0 fully saturated rings. The van der Waals surface area contributed by atoms with E-state index in [2.05, 4.69) is 9.59 Å². The number of benzene rings is 3. The van der Waals surface area contributed by atoms with Crippen LogP contribution in [-0.4, -0.2) is 15.6 Å². The van der Waals surface area contributed by atoms with Crippen LogP contribution in [0.25, 0.3) is 21.0 Å². The molecule has 0 spiro atoms. The summed E-state index contributed by atoms with van der Waals surface area (Å²) in [5.41, 5.74) is 2.22. The number of esters is 1. The highest BCUT2D eigenvalue weighted by atomic mass is 32.1. The van der Waals surface area contributed by atoms with Crippen LogP contribution in [0, 0.1) is 0 Å². The highest BCUT2D eigenvalue weighted by molar-refractivity contribution is 7.13. The van der Waals surface area contributed by atoms with Crippen molar-refractivity contribution in [3.8, 4) is 0 Å². The molecule has 0 saturated carbocycles.